The van der Waals surface area contributed by atoms with Gasteiger partial charge in [0.25, 0.3) is 0 Å². The third-order valence-electron chi connectivity index (χ3n) is 3.89. The number of carbonyl (C=O) groups is 1. The van der Waals surface area contributed by atoms with Gasteiger partial charge in [-0.25, -0.2) is 0 Å². The van der Waals surface area contributed by atoms with E-state index in [1.54, 1.807) is 6.92 Å². The van der Waals surface area contributed by atoms with Crippen molar-refractivity contribution in [3.8, 4) is 0 Å². The van der Waals surface area contributed by atoms with Crippen molar-refractivity contribution in [3.05, 3.63) is 28.8 Å². The molecule has 1 aliphatic heterocycles. The van der Waals surface area contributed by atoms with Gasteiger partial charge in [0.15, 0.2) is 0 Å². The zero-order valence-electron chi connectivity index (χ0n) is 12.9. The second kappa shape index (κ2) is 7.66. The lowest BCUT2D eigenvalue weighted by Gasteiger charge is -2.26. The number of nitrogens with one attached hydrogen (secondary N) is 1. The molecule has 0 radical (unpaired) electrons. The van der Waals surface area contributed by atoms with Gasteiger partial charge >= 0.3 is 0 Å². The summed E-state index contributed by atoms with van der Waals surface area (Å²) in [5.41, 5.74) is 2.45. The van der Waals surface area contributed by atoms with Gasteiger partial charge in [0.1, 0.15) is 0 Å². The van der Waals surface area contributed by atoms with Crippen LogP contribution in [0.1, 0.15) is 25.8 Å². The number of amides is 1. The molecule has 5 heteroatoms. The normalized spacial score (nSPS) is 16.0. The quantitative estimate of drug-likeness (QED) is 0.928. The fourth-order valence-electron chi connectivity index (χ4n) is 2.71. The van der Waals surface area contributed by atoms with Gasteiger partial charge in [0, 0.05) is 50.4 Å². The lowest BCUT2D eigenvalue weighted by Crippen LogP contribution is -2.34. The van der Waals surface area contributed by atoms with Gasteiger partial charge in [0.2, 0.25) is 5.91 Å². The molecule has 4 nitrogen and oxygen atoms in total. The topological polar surface area (TPSA) is 35.6 Å². The van der Waals surface area contributed by atoms with Crippen molar-refractivity contribution in [2.75, 3.05) is 37.6 Å². The first-order chi connectivity index (χ1) is 10.1. The molecule has 0 saturated carbocycles. The highest BCUT2D eigenvalue weighted by Crippen LogP contribution is 2.26. The van der Waals surface area contributed by atoms with Gasteiger partial charge in [-0.1, -0.05) is 24.6 Å². The Labute approximate surface area is 132 Å². The third-order valence-corrected chi connectivity index (χ3v) is 4.13. The van der Waals surface area contributed by atoms with Crippen molar-refractivity contribution < 1.29 is 4.79 Å². The van der Waals surface area contributed by atoms with Crippen LogP contribution in [0.2, 0.25) is 5.02 Å². The van der Waals surface area contributed by atoms with E-state index in [4.69, 9.17) is 11.6 Å². The Bertz CT molecular complexity index is 492. The summed E-state index contributed by atoms with van der Waals surface area (Å²) in [5, 5.41) is 4.13. The number of hydrogen-bond acceptors (Lipinski definition) is 3. The molecule has 0 unspecified atom stereocenters. The summed E-state index contributed by atoms with van der Waals surface area (Å²) in [6, 6.07) is 6.07. The molecule has 1 saturated heterocycles. The predicted molar refractivity (Wildman–Crippen MR) is 87.9 cm³/mol. The first-order valence-corrected chi connectivity index (χ1v) is 7.99. The van der Waals surface area contributed by atoms with E-state index >= 15 is 0 Å². The average molecular weight is 310 g/mol. The lowest BCUT2D eigenvalue weighted by molar-refractivity contribution is -0.128. The van der Waals surface area contributed by atoms with Crippen LogP contribution < -0.4 is 10.2 Å². The number of hydrogen-bond donors (Lipinski definition) is 1. The fourth-order valence-corrected chi connectivity index (χ4v) is 2.88. The second-order valence-corrected chi connectivity index (χ2v) is 5.84. The first kappa shape index (κ1) is 16.1. The minimum Gasteiger partial charge on any atom is -0.369 e. The largest absolute Gasteiger partial charge is 0.369 e. The zero-order chi connectivity index (χ0) is 15.2. The standard InChI is InChI=1S/C16H24ClN3O/c1-3-18-12-14-5-6-15(17)11-16(14)20-8-4-7-19(9-10-20)13(2)21/h5-6,11,18H,3-4,7-10,12H2,1-2H3. The summed E-state index contributed by atoms with van der Waals surface area (Å²) in [6.07, 6.45) is 0.993. The summed E-state index contributed by atoms with van der Waals surface area (Å²) >= 11 is 6.18. The average Bonchev–Trinajstić information content (AvgIpc) is 2.72. The molecule has 1 N–H and O–H groups in total. The molecule has 21 heavy (non-hydrogen) atoms. The summed E-state index contributed by atoms with van der Waals surface area (Å²) < 4.78 is 0. The van der Waals surface area contributed by atoms with Gasteiger partial charge < -0.3 is 15.1 Å². The van der Waals surface area contributed by atoms with Gasteiger partial charge in [-0.3, -0.25) is 4.79 Å². The van der Waals surface area contributed by atoms with E-state index < -0.39 is 0 Å². The smallest absolute Gasteiger partial charge is 0.219 e. The second-order valence-electron chi connectivity index (χ2n) is 5.40. The number of carbonyl (C=O) groups excluding carboxylic acids is 1. The van der Waals surface area contributed by atoms with Crippen molar-refractivity contribution in [3.63, 3.8) is 0 Å². The predicted octanol–water partition coefficient (Wildman–Crippen LogP) is 2.51. The van der Waals surface area contributed by atoms with Gasteiger partial charge in [-0.15, -0.1) is 0 Å². The molecule has 2 rings (SSSR count). The highest BCUT2D eigenvalue weighted by atomic mass is 35.5. The van der Waals surface area contributed by atoms with E-state index in [0.29, 0.717) is 0 Å². The fraction of sp³-hybridized carbons (Fsp3) is 0.562. The Morgan fingerprint density at radius 3 is 2.81 bits per heavy atom. The van der Waals surface area contributed by atoms with Crippen molar-refractivity contribution in [2.45, 2.75) is 26.8 Å². The molecule has 116 valence electrons. The Hall–Kier alpha value is -1.26. The van der Waals surface area contributed by atoms with Crippen LogP contribution in [0.4, 0.5) is 5.69 Å². The van der Waals surface area contributed by atoms with E-state index in [2.05, 4.69) is 23.2 Å². The molecule has 1 fully saturated rings. The monoisotopic (exact) mass is 309 g/mol. The maximum atomic E-state index is 11.5. The summed E-state index contributed by atoms with van der Waals surface area (Å²) in [5.74, 6) is 0.163. The van der Waals surface area contributed by atoms with Crippen molar-refractivity contribution >= 4 is 23.2 Å². The molecule has 0 aliphatic carbocycles. The molecular formula is C16H24ClN3O. The molecule has 1 aromatic carbocycles. The van der Waals surface area contributed by atoms with Gasteiger partial charge in [-0.05, 0) is 30.7 Å². The van der Waals surface area contributed by atoms with E-state index in [0.717, 1.165) is 50.7 Å². The number of anilines is 1. The van der Waals surface area contributed by atoms with Crippen LogP contribution in [-0.2, 0) is 11.3 Å². The Balaban J connectivity index is 2.16. The summed E-state index contributed by atoms with van der Waals surface area (Å²) in [7, 11) is 0. The van der Waals surface area contributed by atoms with Crippen molar-refractivity contribution in [2.24, 2.45) is 0 Å². The third kappa shape index (κ3) is 4.35. The van der Waals surface area contributed by atoms with Crippen LogP contribution in [0.15, 0.2) is 18.2 Å². The molecular weight excluding hydrogens is 286 g/mol. The van der Waals surface area contributed by atoms with Crippen molar-refractivity contribution in [1.29, 1.82) is 0 Å². The highest BCUT2D eigenvalue weighted by molar-refractivity contribution is 6.30. The van der Waals surface area contributed by atoms with E-state index in [1.807, 2.05) is 17.0 Å². The molecule has 0 atom stereocenters. The van der Waals surface area contributed by atoms with E-state index in [-0.39, 0.29) is 5.91 Å². The van der Waals surface area contributed by atoms with Crippen LogP contribution in [0.25, 0.3) is 0 Å². The molecule has 0 bridgehead atoms. The maximum Gasteiger partial charge on any atom is 0.219 e. The first-order valence-electron chi connectivity index (χ1n) is 7.61. The highest BCUT2D eigenvalue weighted by Gasteiger charge is 2.18. The van der Waals surface area contributed by atoms with Crippen LogP contribution >= 0.6 is 11.6 Å². The van der Waals surface area contributed by atoms with Gasteiger partial charge in [-0.2, -0.15) is 0 Å². The SMILES string of the molecule is CCNCc1ccc(Cl)cc1N1CCCN(C(C)=O)CC1. The molecule has 1 aromatic rings. The molecule has 0 aromatic heterocycles. The van der Waals surface area contributed by atoms with Crippen LogP contribution in [0.5, 0.6) is 0 Å². The summed E-state index contributed by atoms with van der Waals surface area (Å²) in [4.78, 5) is 15.8. The Morgan fingerprint density at radius 1 is 1.29 bits per heavy atom. The van der Waals surface area contributed by atoms with Crippen molar-refractivity contribution in [1.82, 2.24) is 10.2 Å². The Kier molecular flexibility index (Phi) is 5.88. The Morgan fingerprint density at radius 2 is 2.10 bits per heavy atom. The number of benzene rings is 1. The molecule has 1 amide bonds. The van der Waals surface area contributed by atoms with Crippen LogP contribution in [0, 0.1) is 0 Å². The minimum absolute atomic E-state index is 0.163. The van der Waals surface area contributed by atoms with E-state index in [9.17, 15) is 4.79 Å². The van der Waals surface area contributed by atoms with Crippen LogP contribution in [0.3, 0.4) is 0 Å². The van der Waals surface area contributed by atoms with Gasteiger partial charge in [0.05, 0.1) is 0 Å². The molecule has 0 spiro atoms. The van der Waals surface area contributed by atoms with E-state index in [1.165, 1.54) is 11.3 Å². The maximum absolute atomic E-state index is 11.5. The minimum atomic E-state index is 0.163. The van der Waals surface area contributed by atoms with Crippen LogP contribution in [-0.4, -0.2) is 43.5 Å². The zero-order valence-corrected chi connectivity index (χ0v) is 13.6. The molecule has 1 heterocycles. The summed E-state index contributed by atoms with van der Waals surface area (Å²) in [6.45, 7) is 8.98. The number of halogens is 1. The number of rotatable bonds is 4. The molecule has 1 aliphatic rings. The number of nitrogens with zero attached hydrogens (tertiary/aromatic N) is 2. The lowest BCUT2D eigenvalue weighted by atomic mass is 10.1.